The maximum atomic E-state index is 14.7. The molecule has 0 bridgehead atoms. The van der Waals surface area contributed by atoms with Gasteiger partial charge in [-0.05, 0) is 71.8 Å². The number of hydrogen-bond acceptors (Lipinski definition) is 6. The predicted octanol–water partition coefficient (Wildman–Crippen LogP) is 5.61. The van der Waals surface area contributed by atoms with Crippen LogP contribution in [0.2, 0.25) is 0 Å². The molecule has 43 heavy (non-hydrogen) atoms. The van der Waals surface area contributed by atoms with Crippen LogP contribution in [0.4, 0.5) is 15.8 Å². The summed E-state index contributed by atoms with van der Waals surface area (Å²) in [5, 5.41) is 2.99. The number of ketones is 2. The normalized spacial score (nSPS) is 22.9. The first-order chi connectivity index (χ1) is 20.8. The van der Waals surface area contributed by atoms with Gasteiger partial charge in [0.15, 0.2) is 11.6 Å². The zero-order chi connectivity index (χ0) is 29.9. The molecule has 7 rings (SSSR count). The Bertz CT molecular complexity index is 1850. The van der Waals surface area contributed by atoms with Crippen molar-refractivity contribution in [2.75, 3.05) is 10.2 Å². The number of para-hydroxylation sites is 2. The third kappa shape index (κ3) is 3.94. The molecule has 0 aliphatic carbocycles. The molecular formula is C35H25FN2O5. The van der Waals surface area contributed by atoms with Gasteiger partial charge in [-0.15, -0.1) is 0 Å². The fourth-order valence-electron chi connectivity index (χ4n) is 6.94. The summed E-state index contributed by atoms with van der Waals surface area (Å²) in [6.07, 6.45) is 3.82. The maximum Gasteiger partial charge on any atom is 0.308 e. The van der Waals surface area contributed by atoms with E-state index in [1.54, 1.807) is 24.3 Å². The number of nitrogens with one attached hydrogen (secondary N) is 1. The van der Waals surface area contributed by atoms with Crippen molar-refractivity contribution in [1.29, 1.82) is 0 Å². The van der Waals surface area contributed by atoms with Gasteiger partial charge in [0, 0.05) is 29.4 Å². The molecule has 3 heterocycles. The van der Waals surface area contributed by atoms with Crippen molar-refractivity contribution < 1.29 is 28.3 Å². The summed E-state index contributed by atoms with van der Waals surface area (Å²) in [7, 11) is 0. The number of anilines is 2. The van der Waals surface area contributed by atoms with Crippen molar-refractivity contribution in [2.24, 2.45) is 5.92 Å². The van der Waals surface area contributed by atoms with Crippen LogP contribution in [0.3, 0.4) is 0 Å². The number of nitrogens with zero attached hydrogens (tertiary/aromatic N) is 1. The highest BCUT2D eigenvalue weighted by Gasteiger charge is 2.70. The average molecular weight is 573 g/mol. The lowest BCUT2D eigenvalue weighted by Crippen LogP contribution is -2.51. The lowest BCUT2D eigenvalue weighted by atomic mass is 9.64. The third-order valence-electron chi connectivity index (χ3n) is 8.62. The summed E-state index contributed by atoms with van der Waals surface area (Å²) in [6.45, 7) is 1.29. The summed E-state index contributed by atoms with van der Waals surface area (Å²) >= 11 is 0. The van der Waals surface area contributed by atoms with Crippen molar-refractivity contribution in [3.8, 4) is 5.75 Å². The van der Waals surface area contributed by atoms with Crippen LogP contribution in [0.1, 0.15) is 38.8 Å². The number of rotatable bonds is 5. The van der Waals surface area contributed by atoms with E-state index in [1.165, 1.54) is 43.3 Å². The number of amides is 1. The topological polar surface area (TPSA) is 92.8 Å². The molecule has 1 fully saturated rings. The van der Waals surface area contributed by atoms with Gasteiger partial charge in [0.05, 0.1) is 12.0 Å². The van der Waals surface area contributed by atoms with Gasteiger partial charge >= 0.3 is 5.97 Å². The van der Waals surface area contributed by atoms with E-state index in [-0.39, 0.29) is 28.6 Å². The molecule has 3 aliphatic heterocycles. The summed E-state index contributed by atoms with van der Waals surface area (Å²) in [4.78, 5) is 57.1. The molecule has 0 radical (unpaired) electrons. The van der Waals surface area contributed by atoms with E-state index < -0.39 is 41.0 Å². The van der Waals surface area contributed by atoms with Crippen molar-refractivity contribution in [3.63, 3.8) is 0 Å². The average Bonchev–Trinajstić information content (AvgIpc) is 3.49. The Morgan fingerprint density at radius 1 is 0.837 bits per heavy atom. The quantitative estimate of drug-likeness (QED) is 0.190. The van der Waals surface area contributed by atoms with E-state index in [0.29, 0.717) is 11.3 Å². The molecule has 4 atom stereocenters. The second-order valence-electron chi connectivity index (χ2n) is 10.9. The number of carbonyl (C=O) groups is 4. The highest BCUT2D eigenvalue weighted by Crippen LogP contribution is 2.58. The summed E-state index contributed by atoms with van der Waals surface area (Å²) < 4.78 is 19.1. The van der Waals surface area contributed by atoms with Gasteiger partial charge in [-0.1, -0.05) is 48.6 Å². The van der Waals surface area contributed by atoms with Gasteiger partial charge in [0.2, 0.25) is 5.91 Å². The molecular weight excluding hydrogens is 547 g/mol. The number of Topliss-reactive ketones (excluding diaryl/α,β-unsaturated/α-hetero) is 2. The van der Waals surface area contributed by atoms with Crippen LogP contribution in [0.5, 0.6) is 5.75 Å². The Hall–Kier alpha value is -5.37. The SMILES string of the molecule is CC(=O)Oc1ccc(C(=O)[C@@H]2[C@H](C(=O)c3ccc(F)cc3)[C@]3(C(=O)Nc4ccccc43)[C@H]3C=Cc4ccccc4N23)cc1. The molecule has 0 saturated carbocycles. The van der Waals surface area contributed by atoms with E-state index in [2.05, 4.69) is 5.32 Å². The molecule has 1 saturated heterocycles. The van der Waals surface area contributed by atoms with E-state index in [4.69, 9.17) is 4.74 Å². The Morgan fingerprint density at radius 2 is 1.49 bits per heavy atom. The molecule has 3 aliphatic rings. The number of fused-ring (bicyclic) bond motifs is 6. The lowest BCUT2D eigenvalue weighted by molar-refractivity contribution is -0.131. The van der Waals surface area contributed by atoms with E-state index in [1.807, 2.05) is 53.5 Å². The van der Waals surface area contributed by atoms with E-state index in [9.17, 15) is 23.6 Å². The minimum Gasteiger partial charge on any atom is -0.427 e. The summed E-state index contributed by atoms with van der Waals surface area (Å²) in [5.74, 6) is -3.10. The van der Waals surface area contributed by atoms with Gasteiger partial charge in [0.25, 0.3) is 0 Å². The molecule has 212 valence electrons. The zero-order valence-corrected chi connectivity index (χ0v) is 23.0. The van der Waals surface area contributed by atoms with Crippen molar-refractivity contribution in [2.45, 2.75) is 24.4 Å². The molecule has 0 aromatic heterocycles. The second-order valence-corrected chi connectivity index (χ2v) is 10.9. The monoisotopic (exact) mass is 572 g/mol. The first-order valence-electron chi connectivity index (χ1n) is 13.9. The van der Waals surface area contributed by atoms with Gasteiger partial charge in [-0.2, -0.15) is 0 Å². The second kappa shape index (κ2) is 9.87. The molecule has 1 N–H and O–H groups in total. The Balaban J connectivity index is 1.48. The number of ether oxygens (including phenoxy) is 1. The third-order valence-corrected chi connectivity index (χ3v) is 8.62. The lowest BCUT2D eigenvalue weighted by Gasteiger charge is -2.37. The van der Waals surface area contributed by atoms with Gasteiger partial charge in [0.1, 0.15) is 23.0 Å². The Labute approximate surface area is 246 Å². The Morgan fingerprint density at radius 3 is 2.23 bits per heavy atom. The van der Waals surface area contributed by atoms with Gasteiger partial charge in [-0.25, -0.2) is 4.39 Å². The van der Waals surface area contributed by atoms with Crippen LogP contribution in [0.25, 0.3) is 6.08 Å². The first kappa shape index (κ1) is 26.5. The highest BCUT2D eigenvalue weighted by molar-refractivity contribution is 6.18. The minimum atomic E-state index is -1.47. The molecule has 1 spiro atoms. The van der Waals surface area contributed by atoms with E-state index in [0.717, 1.165) is 11.3 Å². The highest BCUT2D eigenvalue weighted by atomic mass is 19.1. The largest absolute Gasteiger partial charge is 0.427 e. The van der Waals surface area contributed by atoms with Crippen LogP contribution >= 0.6 is 0 Å². The number of halogens is 1. The first-order valence-corrected chi connectivity index (χ1v) is 13.9. The molecule has 4 aromatic carbocycles. The Kier molecular flexibility index (Phi) is 6.09. The number of hydrogen-bond donors (Lipinski definition) is 1. The van der Waals surface area contributed by atoms with Crippen molar-refractivity contribution >= 4 is 40.9 Å². The van der Waals surface area contributed by atoms with Crippen molar-refractivity contribution in [3.05, 3.63) is 131 Å². The van der Waals surface area contributed by atoms with E-state index >= 15 is 0 Å². The number of esters is 1. The smallest absolute Gasteiger partial charge is 0.308 e. The summed E-state index contributed by atoms with van der Waals surface area (Å²) in [6, 6.07) is 24.3. The van der Waals surface area contributed by atoms with Crippen LogP contribution in [0.15, 0.2) is 103 Å². The van der Waals surface area contributed by atoms with Crippen LogP contribution in [0, 0.1) is 11.7 Å². The van der Waals surface area contributed by atoms with Crippen LogP contribution in [-0.2, 0) is 15.0 Å². The standard InChI is InChI=1S/C35H25FN2O5/c1-20(39)43-25-17-12-23(13-18-25)33(41)31-30(32(40)22-10-15-24(36)16-11-22)35(26-7-3-4-8-27(26)37-34(35)42)29-19-14-21-6-2-5-9-28(21)38(29)31/h2-19,29-31H,1H3,(H,37,42)/t29-,30-,31+,35-/m1/s1. The molecule has 1 amide bonds. The fraction of sp³-hybridized carbons (Fsp3) is 0.143. The van der Waals surface area contributed by atoms with Gasteiger partial charge < -0.3 is 15.0 Å². The number of benzene rings is 4. The zero-order valence-electron chi connectivity index (χ0n) is 23.0. The fourth-order valence-corrected chi connectivity index (χ4v) is 6.94. The molecule has 4 aromatic rings. The predicted molar refractivity (Wildman–Crippen MR) is 159 cm³/mol. The van der Waals surface area contributed by atoms with Crippen molar-refractivity contribution in [1.82, 2.24) is 0 Å². The summed E-state index contributed by atoms with van der Waals surface area (Å²) in [5.41, 5.74) is 1.78. The van der Waals surface area contributed by atoms with Gasteiger partial charge in [-0.3, -0.25) is 19.2 Å². The number of carbonyl (C=O) groups excluding carboxylic acids is 4. The minimum absolute atomic E-state index is 0.197. The molecule has 8 heteroatoms. The molecule has 7 nitrogen and oxygen atoms in total. The maximum absolute atomic E-state index is 14.7. The van der Waals surface area contributed by atoms with Crippen LogP contribution in [-0.4, -0.2) is 35.5 Å². The van der Waals surface area contributed by atoms with Crippen LogP contribution < -0.4 is 15.0 Å². The molecule has 0 unspecified atom stereocenters.